The van der Waals surface area contributed by atoms with Gasteiger partial charge in [0.1, 0.15) is 6.79 Å². The first-order valence-electron chi connectivity index (χ1n) is 16.5. The number of H-pyrrole nitrogens is 2. The van der Waals surface area contributed by atoms with Crippen molar-refractivity contribution in [2.75, 3.05) is 0 Å². The van der Waals surface area contributed by atoms with Crippen LogP contribution >= 0.6 is 0 Å². The second-order valence-corrected chi connectivity index (χ2v) is 12.0. The summed E-state index contributed by atoms with van der Waals surface area (Å²) in [5, 5.41) is 0. The zero-order chi connectivity index (χ0) is 33.9. The van der Waals surface area contributed by atoms with E-state index in [1.165, 1.54) is 0 Å². The second-order valence-electron chi connectivity index (χ2n) is 12.0. The fraction of sp³-hybridized carbons (Fsp3) is 0. The number of carbonyl (C=O) groups is 1. The van der Waals surface area contributed by atoms with Gasteiger partial charge in [-0.1, -0.05) is 121 Å². The summed E-state index contributed by atoms with van der Waals surface area (Å²) < 4.78 is 0. The Morgan fingerprint density at radius 1 is 0.333 bits per heavy atom. The Hall–Kier alpha value is -6.23. The third-order valence-electron chi connectivity index (χ3n) is 9.00. The molecule has 5 heterocycles. The largest absolute Gasteiger partial charge is 0.354 e. The van der Waals surface area contributed by atoms with Crippen molar-refractivity contribution >= 4 is 53.2 Å². The standard InChI is InChI=1S/C44H30N4.CH2O.Ru/c1-5-13-29(14-6-1)41-33-21-23-35(45-33)42(30-15-7-2-8-16-30)37-25-27-39(47-37)44(32-19-11-4-12-20-32)40-28-26-38(48-40)43(31-17-9-3-10-18-31)36-24-22-34(41)46-36;1-2;/h1-28,45,48H;1H2;. The van der Waals surface area contributed by atoms with Crippen molar-refractivity contribution in [1.82, 2.24) is 19.9 Å². The van der Waals surface area contributed by atoms with Gasteiger partial charge in [-0.2, -0.15) is 0 Å². The molecule has 2 aliphatic rings. The maximum Gasteiger partial charge on any atom is 0.106 e. The molecule has 0 saturated heterocycles. The van der Waals surface area contributed by atoms with Gasteiger partial charge in [0.05, 0.1) is 22.8 Å². The molecule has 0 unspecified atom stereocenters. The Morgan fingerprint density at radius 3 is 0.765 bits per heavy atom. The van der Waals surface area contributed by atoms with Crippen molar-refractivity contribution in [2.45, 2.75) is 0 Å². The summed E-state index contributed by atoms with van der Waals surface area (Å²) in [6.07, 6.45) is 8.54. The van der Waals surface area contributed by atoms with Gasteiger partial charge in [0.15, 0.2) is 0 Å². The van der Waals surface area contributed by atoms with Gasteiger partial charge in [0, 0.05) is 63.8 Å². The molecule has 9 rings (SSSR count). The number of aromatic nitrogens is 4. The number of carbonyl (C=O) groups excluding carboxylic acids is 1. The normalized spacial score (nSPS) is 11.4. The SMILES string of the molecule is C1=Cc2nc1c(-c1ccccc1)c1ccc([nH]1)c(-c1ccccc1)c1nc(c(-c3ccccc3)c3ccc([nH]3)c2-c2ccccc2)C=C1.C=O.[Ru]. The Kier molecular flexibility index (Phi) is 9.60. The van der Waals surface area contributed by atoms with E-state index in [0.717, 1.165) is 89.4 Å². The van der Waals surface area contributed by atoms with Crippen LogP contribution in [0, 0.1) is 0 Å². The Morgan fingerprint density at radius 2 is 0.549 bits per heavy atom. The van der Waals surface area contributed by atoms with E-state index in [9.17, 15) is 0 Å². The molecule has 2 aliphatic heterocycles. The van der Waals surface area contributed by atoms with E-state index >= 15 is 0 Å². The van der Waals surface area contributed by atoms with E-state index in [4.69, 9.17) is 14.8 Å². The summed E-state index contributed by atoms with van der Waals surface area (Å²) in [5.74, 6) is 0. The molecular formula is C45H32N4ORu. The summed E-state index contributed by atoms with van der Waals surface area (Å²) in [6, 6.07) is 50.7. The molecule has 51 heavy (non-hydrogen) atoms. The molecule has 0 saturated carbocycles. The summed E-state index contributed by atoms with van der Waals surface area (Å²) in [4.78, 5) is 26.3. The molecule has 6 heteroatoms. The maximum atomic E-state index is 8.00. The molecule has 246 valence electrons. The molecule has 0 amide bonds. The monoisotopic (exact) mass is 746 g/mol. The van der Waals surface area contributed by atoms with Crippen molar-refractivity contribution in [3.63, 3.8) is 0 Å². The Balaban J connectivity index is 0.00000133. The molecule has 0 fully saturated rings. The van der Waals surface area contributed by atoms with Crippen LogP contribution in [0.5, 0.6) is 0 Å². The average molecular weight is 746 g/mol. The van der Waals surface area contributed by atoms with Gasteiger partial charge in [-0.3, -0.25) is 0 Å². The number of fused-ring (bicyclic) bond motifs is 8. The van der Waals surface area contributed by atoms with E-state index in [1.807, 2.05) is 31.1 Å². The van der Waals surface area contributed by atoms with Crippen LogP contribution in [-0.4, -0.2) is 26.7 Å². The summed E-state index contributed by atoms with van der Waals surface area (Å²) >= 11 is 0. The van der Waals surface area contributed by atoms with Gasteiger partial charge < -0.3 is 14.8 Å². The quantitative estimate of drug-likeness (QED) is 0.176. The van der Waals surface area contributed by atoms with Crippen molar-refractivity contribution in [2.24, 2.45) is 0 Å². The van der Waals surface area contributed by atoms with E-state index in [2.05, 4.69) is 156 Å². The smallest absolute Gasteiger partial charge is 0.106 e. The molecule has 0 radical (unpaired) electrons. The van der Waals surface area contributed by atoms with Crippen LogP contribution in [0.3, 0.4) is 0 Å². The molecule has 4 aromatic carbocycles. The first-order valence-corrected chi connectivity index (χ1v) is 16.5. The van der Waals surface area contributed by atoms with Gasteiger partial charge in [0.25, 0.3) is 0 Å². The van der Waals surface area contributed by atoms with Crippen molar-refractivity contribution in [1.29, 1.82) is 0 Å². The van der Waals surface area contributed by atoms with Gasteiger partial charge >= 0.3 is 0 Å². The molecule has 5 nitrogen and oxygen atoms in total. The number of hydrogen-bond acceptors (Lipinski definition) is 3. The van der Waals surface area contributed by atoms with E-state index in [1.54, 1.807) is 0 Å². The van der Waals surface area contributed by atoms with Gasteiger partial charge in [-0.25, -0.2) is 9.97 Å². The second kappa shape index (κ2) is 14.7. The molecule has 0 atom stereocenters. The number of nitrogens with one attached hydrogen (secondary N) is 2. The first-order chi connectivity index (χ1) is 24.8. The van der Waals surface area contributed by atoms with Crippen LogP contribution < -0.4 is 0 Å². The summed E-state index contributed by atoms with van der Waals surface area (Å²) in [5.41, 5.74) is 16.2. The van der Waals surface area contributed by atoms with Crippen molar-refractivity contribution in [3.8, 4) is 44.5 Å². The third-order valence-corrected chi connectivity index (χ3v) is 9.00. The molecule has 0 spiro atoms. The van der Waals surface area contributed by atoms with E-state index in [-0.39, 0.29) is 19.5 Å². The summed E-state index contributed by atoms with van der Waals surface area (Å²) in [7, 11) is 0. The average Bonchev–Trinajstić information content (AvgIpc) is 4.02. The number of benzene rings is 4. The molecule has 2 N–H and O–H groups in total. The Labute approximate surface area is 308 Å². The van der Waals surface area contributed by atoms with Crippen molar-refractivity contribution in [3.05, 3.63) is 168 Å². The zero-order valence-electron chi connectivity index (χ0n) is 27.5. The Bertz CT molecular complexity index is 2210. The number of hydrogen-bond donors (Lipinski definition) is 2. The van der Waals surface area contributed by atoms with Crippen LogP contribution in [0.4, 0.5) is 0 Å². The molecular weight excluding hydrogens is 714 g/mol. The number of aromatic amines is 2. The fourth-order valence-electron chi connectivity index (χ4n) is 6.84. The predicted molar refractivity (Wildman–Crippen MR) is 208 cm³/mol. The first kappa shape index (κ1) is 33.3. The minimum absolute atomic E-state index is 0. The summed E-state index contributed by atoms with van der Waals surface area (Å²) in [6.45, 7) is 2.00. The van der Waals surface area contributed by atoms with Crippen LogP contribution in [0.15, 0.2) is 146 Å². The molecule has 8 bridgehead atoms. The van der Waals surface area contributed by atoms with Crippen LogP contribution in [0.2, 0.25) is 0 Å². The minimum Gasteiger partial charge on any atom is -0.354 e. The zero-order valence-corrected chi connectivity index (χ0v) is 29.3. The van der Waals surface area contributed by atoms with Crippen molar-refractivity contribution < 1.29 is 24.3 Å². The topological polar surface area (TPSA) is 74.4 Å². The fourth-order valence-corrected chi connectivity index (χ4v) is 6.84. The van der Waals surface area contributed by atoms with E-state index in [0.29, 0.717) is 0 Å². The van der Waals surface area contributed by atoms with Gasteiger partial charge in [-0.15, -0.1) is 0 Å². The van der Waals surface area contributed by atoms with Crippen LogP contribution in [0.25, 0.3) is 90.9 Å². The predicted octanol–water partition coefficient (Wildman–Crippen LogP) is 11.1. The maximum absolute atomic E-state index is 8.00. The molecule has 3 aromatic heterocycles. The van der Waals surface area contributed by atoms with Crippen LogP contribution in [0.1, 0.15) is 22.8 Å². The molecule has 7 aromatic rings. The molecule has 0 aliphatic carbocycles. The third kappa shape index (κ3) is 6.34. The van der Waals surface area contributed by atoms with Crippen LogP contribution in [-0.2, 0) is 24.3 Å². The number of nitrogens with zero attached hydrogens (tertiary/aromatic N) is 2. The van der Waals surface area contributed by atoms with E-state index < -0.39 is 0 Å². The minimum atomic E-state index is 0. The number of rotatable bonds is 4. The van der Waals surface area contributed by atoms with Gasteiger partial charge in [0.2, 0.25) is 0 Å². The van der Waals surface area contributed by atoms with Gasteiger partial charge in [-0.05, 0) is 70.8 Å².